The van der Waals surface area contributed by atoms with Gasteiger partial charge in [0.15, 0.2) is 0 Å². The van der Waals surface area contributed by atoms with Crippen LogP contribution in [0.4, 0.5) is 5.82 Å². The summed E-state index contributed by atoms with van der Waals surface area (Å²) in [6.45, 7) is 3.77. The number of morpholine rings is 1. The Hall–Kier alpha value is -1.29. The van der Waals surface area contributed by atoms with E-state index in [-0.39, 0.29) is 30.4 Å². The Morgan fingerprint density at radius 2 is 2.17 bits per heavy atom. The van der Waals surface area contributed by atoms with Crippen LogP contribution in [-0.2, 0) is 9.53 Å². The molecular formula is C10H14LiN3O4. The first-order valence-corrected chi connectivity index (χ1v) is 5.27. The fourth-order valence-electron chi connectivity index (χ4n) is 1.56. The number of ether oxygens (including phenoxy) is 2. The Morgan fingerprint density at radius 3 is 2.78 bits per heavy atom. The SMILES string of the molecule is CC(=O)Oc1nc(N2CCOCC2)cc(=O)[nH]1.[LiH]. The maximum atomic E-state index is 11.4. The van der Waals surface area contributed by atoms with E-state index in [4.69, 9.17) is 9.47 Å². The molecule has 1 aromatic rings. The molecule has 18 heavy (non-hydrogen) atoms. The monoisotopic (exact) mass is 247 g/mol. The third-order valence-corrected chi connectivity index (χ3v) is 2.28. The zero-order valence-electron chi connectivity index (χ0n) is 9.43. The molecule has 0 spiro atoms. The fraction of sp³-hybridized carbons (Fsp3) is 0.500. The summed E-state index contributed by atoms with van der Waals surface area (Å²) in [5.41, 5.74) is -0.349. The van der Waals surface area contributed by atoms with Crippen molar-refractivity contribution in [3.63, 3.8) is 0 Å². The minimum absolute atomic E-state index is 0. The van der Waals surface area contributed by atoms with E-state index in [2.05, 4.69) is 9.97 Å². The number of H-pyrrole nitrogens is 1. The van der Waals surface area contributed by atoms with Crippen molar-refractivity contribution in [2.75, 3.05) is 31.2 Å². The normalized spacial score (nSPS) is 14.8. The molecule has 8 heteroatoms. The Morgan fingerprint density at radius 1 is 1.50 bits per heavy atom. The molecule has 0 amide bonds. The average molecular weight is 247 g/mol. The third-order valence-electron chi connectivity index (χ3n) is 2.28. The Balaban J connectivity index is 0.00000162. The van der Waals surface area contributed by atoms with Gasteiger partial charge in [0, 0.05) is 26.1 Å². The number of anilines is 1. The summed E-state index contributed by atoms with van der Waals surface area (Å²) in [7, 11) is 0. The van der Waals surface area contributed by atoms with Crippen molar-refractivity contribution in [1.29, 1.82) is 0 Å². The molecule has 0 atom stereocenters. The Bertz CT molecular complexity index is 470. The van der Waals surface area contributed by atoms with Gasteiger partial charge in [-0.15, -0.1) is 0 Å². The summed E-state index contributed by atoms with van der Waals surface area (Å²) in [6.07, 6.45) is 0. The van der Waals surface area contributed by atoms with Crippen molar-refractivity contribution in [2.24, 2.45) is 0 Å². The number of rotatable bonds is 2. The van der Waals surface area contributed by atoms with Crippen molar-refractivity contribution in [3.05, 3.63) is 16.4 Å². The van der Waals surface area contributed by atoms with Gasteiger partial charge in [0.2, 0.25) is 0 Å². The number of aromatic amines is 1. The van der Waals surface area contributed by atoms with Crippen molar-refractivity contribution >= 4 is 30.6 Å². The standard InChI is InChI=1S/C10H13N3O4.Li.H/c1-7(14)17-10-11-8(6-9(15)12-10)13-2-4-16-5-3-13;;/h6H,2-5H2,1H3,(H,11,12,15);;. The maximum absolute atomic E-state index is 11.4. The molecule has 0 aliphatic carbocycles. The molecule has 1 fully saturated rings. The second-order valence-corrected chi connectivity index (χ2v) is 3.60. The first-order valence-electron chi connectivity index (χ1n) is 5.27. The minimum atomic E-state index is -0.521. The van der Waals surface area contributed by atoms with E-state index in [1.54, 1.807) is 0 Å². The van der Waals surface area contributed by atoms with Gasteiger partial charge >= 0.3 is 30.8 Å². The van der Waals surface area contributed by atoms with Gasteiger partial charge in [-0.2, -0.15) is 4.98 Å². The molecule has 94 valence electrons. The predicted octanol–water partition coefficient (Wildman–Crippen LogP) is -1.12. The van der Waals surface area contributed by atoms with Crippen LogP contribution in [0.15, 0.2) is 10.9 Å². The van der Waals surface area contributed by atoms with Crippen LogP contribution in [0.3, 0.4) is 0 Å². The number of hydrogen-bond donors (Lipinski definition) is 1. The van der Waals surface area contributed by atoms with E-state index in [1.165, 1.54) is 13.0 Å². The quantitative estimate of drug-likeness (QED) is 0.526. The second-order valence-electron chi connectivity index (χ2n) is 3.60. The summed E-state index contributed by atoms with van der Waals surface area (Å²) < 4.78 is 9.97. The van der Waals surface area contributed by atoms with Crippen LogP contribution in [-0.4, -0.2) is 61.1 Å². The van der Waals surface area contributed by atoms with Gasteiger partial charge in [-0.05, 0) is 0 Å². The van der Waals surface area contributed by atoms with E-state index < -0.39 is 5.97 Å². The zero-order valence-corrected chi connectivity index (χ0v) is 9.43. The molecule has 1 aliphatic rings. The molecule has 0 unspecified atom stereocenters. The van der Waals surface area contributed by atoms with E-state index in [1.807, 2.05) is 4.90 Å². The number of nitrogens with zero attached hydrogens (tertiary/aromatic N) is 2. The van der Waals surface area contributed by atoms with Gasteiger partial charge in [-0.25, -0.2) is 0 Å². The van der Waals surface area contributed by atoms with Gasteiger partial charge in [-0.3, -0.25) is 14.6 Å². The molecule has 0 bridgehead atoms. The molecular weight excluding hydrogens is 233 g/mol. The molecule has 1 aromatic heterocycles. The Labute approximate surface area is 116 Å². The van der Waals surface area contributed by atoms with Gasteiger partial charge in [0.25, 0.3) is 5.56 Å². The van der Waals surface area contributed by atoms with Crippen molar-refractivity contribution in [2.45, 2.75) is 6.92 Å². The molecule has 1 saturated heterocycles. The molecule has 2 heterocycles. The molecule has 0 saturated carbocycles. The third kappa shape index (κ3) is 3.87. The van der Waals surface area contributed by atoms with Crippen molar-refractivity contribution in [3.8, 4) is 6.01 Å². The van der Waals surface area contributed by atoms with Crippen LogP contribution in [0.1, 0.15) is 6.92 Å². The first-order chi connectivity index (χ1) is 8.15. The number of hydrogen-bond acceptors (Lipinski definition) is 6. The van der Waals surface area contributed by atoms with Crippen LogP contribution in [0, 0.1) is 0 Å². The van der Waals surface area contributed by atoms with E-state index in [0.29, 0.717) is 32.1 Å². The topological polar surface area (TPSA) is 84.5 Å². The summed E-state index contributed by atoms with van der Waals surface area (Å²) >= 11 is 0. The first kappa shape index (κ1) is 14.8. The predicted molar refractivity (Wildman–Crippen MR) is 66.3 cm³/mol. The fourth-order valence-corrected chi connectivity index (χ4v) is 1.56. The number of aromatic nitrogens is 2. The number of esters is 1. The summed E-state index contributed by atoms with van der Waals surface area (Å²) in [5.74, 6) is -0.0272. The van der Waals surface area contributed by atoms with Crippen molar-refractivity contribution in [1.82, 2.24) is 9.97 Å². The zero-order chi connectivity index (χ0) is 12.3. The second kappa shape index (κ2) is 6.59. The number of carbonyl (C=O) groups excluding carboxylic acids is 1. The molecule has 1 N–H and O–H groups in total. The van der Waals surface area contributed by atoms with Gasteiger partial charge in [-0.1, -0.05) is 0 Å². The van der Waals surface area contributed by atoms with Gasteiger partial charge < -0.3 is 14.4 Å². The molecule has 0 aromatic carbocycles. The molecule has 0 radical (unpaired) electrons. The van der Waals surface area contributed by atoms with Crippen molar-refractivity contribution < 1.29 is 14.3 Å². The van der Waals surface area contributed by atoms with Gasteiger partial charge in [0.05, 0.1) is 13.2 Å². The number of nitrogens with one attached hydrogen (secondary N) is 1. The Kier molecular flexibility index (Phi) is 5.41. The molecule has 7 nitrogen and oxygen atoms in total. The van der Waals surface area contributed by atoms with Crippen LogP contribution in [0.25, 0.3) is 0 Å². The summed E-state index contributed by atoms with van der Waals surface area (Å²) in [5, 5.41) is 0. The van der Waals surface area contributed by atoms with Crippen LogP contribution < -0.4 is 15.2 Å². The summed E-state index contributed by atoms with van der Waals surface area (Å²) in [6, 6.07) is 1.30. The van der Waals surface area contributed by atoms with E-state index >= 15 is 0 Å². The van der Waals surface area contributed by atoms with Crippen LogP contribution >= 0.6 is 0 Å². The average Bonchev–Trinajstić information content (AvgIpc) is 2.28. The van der Waals surface area contributed by atoms with Gasteiger partial charge in [0.1, 0.15) is 5.82 Å². The number of carbonyl (C=O) groups is 1. The van der Waals surface area contributed by atoms with E-state index in [0.717, 1.165) is 0 Å². The van der Waals surface area contributed by atoms with E-state index in [9.17, 15) is 9.59 Å². The summed E-state index contributed by atoms with van der Waals surface area (Å²) in [4.78, 5) is 30.5. The van der Waals surface area contributed by atoms with Crippen LogP contribution in [0.5, 0.6) is 6.01 Å². The van der Waals surface area contributed by atoms with Crippen LogP contribution in [0.2, 0.25) is 0 Å². The molecule has 1 aliphatic heterocycles. The molecule has 2 rings (SSSR count).